The summed E-state index contributed by atoms with van der Waals surface area (Å²) in [7, 11) is -1.23. The van der Waals surface area contributed by atoms with Crippen molar-refractivity contribution < 1.29 is 17.2 Å². The number of benzene rings is 1. The lowest BCUT2D eigenvalue weighted by molar-refractivity contribution is 0.584. The van der Waals surface area contributed by atoms with Crippen molar-refractivity contribution in [2.75, 3.05) is 11.4 Å². The fourth-order valence-electron chi connectivity index (χ4n) is 2.12. The monoisotopic (exact) mass is 315 g/mol. The Morgan fingerprint density at radius 1 is 1.24 bits per heavy atom. The van der Waals surface area contributed by atoms with Gasteiger partial charge in [0.1, 0.15) is 16.5 Å². The van der Waals surface area contributed by atoms with Crippen LogP contribution in [0.15, 0.2) is 23.1 Å². The summed E-state index contributed by atoms with van der Waals surface area (Å²) < 4.78 is 54.5. The van der Waals surface area contributed by atoms with Crippen LogP contribution in [0.25, 0.3) is 0 Å². The molecule has 2 aromatic rings. The lowest BCUT2D eigenvalue weighted by Gasteiger charge is -2.20. The summed E-state index contributed by atoms with van der Waals surface area (Å²) in [5.41, 5.74) is 0.382. The summed E-state index contributed by atoms with van der Waals surface area (Å²) in [4.78, 5) is -0.00355. The third-order valence-electron chi connectivity index (χ3n) is 3.31. The smallest absolute Gasteiger partial charge is 0.267 e. The third kappa shape index (κ3) is 2.51. The molecule has 0 spiro atoms. The van der Waals surface area contributed by atoms with Gasteiger partial charge >= 0.3 is 0 Å². The molecule has 8 heteroatoms. The summed E-state index contributed by atoms with van der Waals surface area (Å²) in [6.45, 7) is 3.15. The second kappa shape index (κ2) is 5.10. The lowest BCUT2D eigenvalue weighted by atomic mass is 10.3. The molecule has 0 radical (unpaired) electrons. The highest BCUT2D eigenvalue weighted by molar-refractivity contribution is 7.92. The van der Waals surface area contributed by atoms with Crippen molar-refractivity contribution in [2.45, 2.75) is 18.7 Å². The fraction of sp³-hybridized carbons (Fsp3) is 0.308. The van der Waals surface area contributed by atoms with E-state index in [-0.39, 0.29) is 10.6 Å². The number of nitrogens with zero attached hydrogens (tertiary/aromatic N) is 3. The van der Waals surface area contributed by atoms with E-state index in [4.69, 9.17) is 0 Å². The summed E-state index contributed by atoms with van der Waals surface area (Å²) in [5.74, 6) is -1.53. The van der Waals surface area contributed by atoms with Gasteiger partial charge in [-0.2, -0.15) is 5.10 Å². The van der Waals surface area contributed by atoms with Crippen LogP contribution in [0.2, 0.25) is 0 Å². The van der Waals surface area contributed by atoms with Crippen LogP contribution in [0, 0.1) is 25.5 Å². The van der Waals surface area contributed by atoms with Gasteiger partial charge in [0.15, 0.2) is 0 Å². The zero-order valence-electron chi connectivity index (χ0n) is 12.1. The van der Waals surface area contributed by atoms with Gasteiger partial charge in [0, 0.05) is 20.2 Å². The van der Waals surface area contributed by atoms with Gasteiger partial charge < -0.3 is 0 Å². The first-order valence-corrected chi connectivity index (χ1v) is 7.54. The Bertz CT molecular complexity index is 800. The molecular formula is C13H15F2N3O2S. The molecule has 0 fully saturated rings. The SMILES string of the molecule is Cc1nn(C)c(C)c1S(=O)(=O)N(C)c1cc(F)ccc1F. The van der Waals surface area contributed by atoms with E-state index in [1.54, 1.807) is 20.9 Å². The van der Waals surface area contributed by atoms with Crippen LogP contribution in [-0.4, -0.2) is 25.2 Å². The van der Waals surface area contributed by atoms with Gasteiger partial charge in [-0.3, -0.25) is 8.99 Å². The highest BCUT2D eigenvalue weighted by Crippen LogP contribution is 2.28. The minimum atomic E-state index is -4.03. The van der Waals surface area contributed by atoms with Gasteiger partial charge in [0.05, 0.1) is 17.1 Å². The lowest BCUT2D eigenvalue weighted by Crippen LogP contribution is -2.28. The van der Waals surface area contributed by atoms with Gasteiger partial charge in [0.25, 0.3) is 10.0 Å². The zero-order chi connectivity index (χ0) is 15.9. The molecule has 0 aliphatic heterocycles. The van der Waals surface area contributed by atoms with Crippen LogP contribution in [0.4, 0.5) is 14.5 Å². The number of aryl methyl sites for hydroxylation is 2. The van der Waals surface area contributed by atoms with E-state index in [9.17, 15) is 17.2 Å². The number of anilines is 1. The first-order valence-electron chi connectivity index (χ1n) is 6.10. The Morgan fingerprint density at radius 3 is 2.38 bits per heavy atom. The average Bonchev–Trinajstić information content (AvgIpc) is 2.65. The molecule has 0 atom stereocenters. The molecule has 0 unspecified atom stereocenters. The molecule has 0 aliphatic carbocycles. The average molecular weight is 315 g/mol. The number of hydrogen-bond acceptors (Lipinski definition) is 3. The van der Waals surface area contributed by atoms with E-state index in [0.29, 0.717) is 11.4 Å². The summed E-state index contributed by atoms with van der Waals surface area (Å²) in [5, 5.41) is 4.04. The van der Waals surface area contributed by atoms with Crippen LogP contribution < -0.4 is 4.31 Å². The predicted molar refractivity (Wildman–Crippen MR) is 74.6 cm³/mol. The molecule has 5 nitrogen and oxygen atoms in total. The van der Waals surface area contributed by atoms with E-state index in [1.165, 1.54) is 11.7 Å². The quantitative estimate of drug-likeness (QED) is 0.872. The molecular weight excluding hydrogens is 300 g/mol. The third-order valence-corrected chi connectivity index (χ3v) is 5.33. The number of halogens is 2. The summed E-state index contributed by atoms with van der Waals surface area (Å²) in [6.07, 6.45) is 0. The molecule has 1 heterocycles. The number of aromatic nitrogens is 2. The van der Waals surface area contributed by atoms with Crippen LogP contribution in [0.3, 0.4) is 0 Å². The Kier molecular flexibility index (Phi) is 3.75. The zero-order valence-corrected chi connectivity index (χ0v) is 12.9. The van der Waals surface area contributed by atoms with Gasteiger partial charge in [-0.25, -0.2) is 17.2 Å². The number of sulfonamides is 1. The molecule has 0 amide bonds. The summed E-state index contributed by atoms with van der Waals surface area (Å²) >= 11 is 0. The van der Waals surface area contributed by atoms with E-state index in [1.807, 2.05) is 0 Å². The first-order chi connectivity index (χ1) is 9.66. The van der Waals surface area contributed by atoms with E-state index in [0.717, 1.165) is 22.5 Å². The number of rotatable bonds is 3. The standard InChI is InChI=1S/C13H15F2N3O2S/c1-8-13(9(2)17(3)16-8)21(19,20)18(4)12-7-10(14)5-6-11(12)15/h5-7H,1-4H3. The fourth-order valence-corrected chi connectivity index (χ4v) is 3.71. The van der Waals surface area contributed by atoms with Gasteiger partial charge in [-0.1, -0.05) is 0 Å². The maximum atomic E-state index is 13.8. The van der Waals surface area contributed by atoms with Gasteiger partial charge in [-0.15, -0.1) is 0 Å². The molecule has 114 valence electrons. The second-order valence-electron chi connectivity index (χ2n) is 4.69. The molecule has 0 aliphatic rings. The molecule has 1 aromatic heterocycles. The van der Waals surface area contributed by atoms with Crippen molar-refractivity contribution in [3.05, 3.63) is 41.2 Å². The highest BCUT2D eigenvalue weighted by atomic mass is 32.2. The Morgan fingerprint density at radius 2 is 1.86 bits per heavy atom. The van der Waals surface area contributed by atoms with Gasteiger partial charge in [0.2, 0.25) is 0 Å². The molecule has 0 bridgehead atoms. The molecule has 1 aromatic carbocycles. The highest BCUT2D eigenvalue weighted by Gasteiger charge is 2.30. The van der Waals surface area contributed by atoms with Crippen LogP contribution in [0.1, 0.15) is 11.4 Å². The minimum absolute atomic E-state index is 0.00355. The molecule has 21 heavy (non-hydrogen) atoms. The topological polar surface area (TPSA) is 55.2 Å². The van der Waals surface area contributed by atoms with Crippen molar-refractivity contribution in [1.82, 2.24) is 9.78 Å². The Balaban J connectivity index is 2.61. The summed E-state index contributed by atoms with van der Waals surface area (Å²) in [6, 6.07) is 2.66. The van der Waals surface area contributed by atoms with E-state index >= 15 is 0 Å². The molecule has 0 saturated heterocycles. The van der Waals surface area contributed by atoms with E-state index < -0.39 is 21.7 Å². The molecule has 0 saturated carbocycles. The minimum Gasteiger partial charge on any atom is -0.271 e. The van der Waals surface area contributed by atoms with Crippen LogP contribution in [0.5, 0.6) is 0 Å². The number of hydrogen-bond donors (Lipinski definition) is 0. The van der Waals surface area contributed by atoms with Crippen molar-refractivity contribution in [1.29, 1.82) is 0 Å². The van der Waals surface area contributed by atoms with Crippen LogP contribution >= 0.6 is 0 Å². The maximum absolute atomic E-state index is 13.8. The molecule has 0 N–H and O–H groups in total. The van der Waals surface area contributed by atoms with Crippen molar-refractivity contribution in [3.8, 4) is 0 Å². The predicted octanol–water partition coefficient (Wildman–Crippen LogP) is 2.14. The Hall–Kier alpha value is -1.96. The Labute approximate surface area is 121 Å². The first kappa shape index (κ1) is 15.4. The largest absolute Gasteiger partial charge is 0.271 e. The van der Waals surface area contributed by atoms with Crippen molar-refractivity contribution in [3.63, 3.8) is 0 Å². The normalized spacial score (nSPS) is 11.7. The van der Waals surface area contributed by atoms with Crippen LogP contribution in [-0.2, 0) is 17.1 Å². The second-order valence-corrected chi connectivity index (χ2v) is 6.60. The maximum Gasteiger partial charge on any atom is 0.267 e. The molecule has 2 rings (SSSR count). The van der Waals surface area contributed by atoms with E-state index in [2.05, 4.69) is 5.10 Å². The van der Waals surface area contributed by atoms with Gasteiger partial charge in [-0.05, 0) is 26.0 Å². The van der Waals surface area contributed by atoms with Crippen molar-refractivity contribution >= 4 is 15.7 Å². The van der Waals surface area contributed by atoms with Crippen molar-refractivity contribution in [2.24, 2.45) is 7.05 Å².